The molecule has 2 fully saturated rings. The number of carbonyl (C=O) groups excluding carboxylic acids is 1. The van der Waals surface area contributed by atoms with E-state index in [4.69, 9.17) is 4.74 Å². The van der Waals surface area contributed by atoms with Gasteiger partial charge in [-0.3, -0.25) is 0 Å². The lowest BCUT2D eigenvalue weighted by atomic mass is 9.91. The first kappa shape index (κ1) is 22.2. The number of hydrogen-bond donors (Lipinski definition) is 1. The Hall–Kier alpha value is -2.58. The smallest absolute Gasteiger partial charge is 0.320 e. The van der Waals surface area contributed by atoms with E-state index in [2.05, 4.69) is 22.9 Å². The van der Waals surface area contributed by atoms with Crippen LogP contribution >= 0.6 is 0 Å². The summed E-state index contributed by atoms with van der Waals surface area (Å²) >= 11 is 0. The maximum atomic E-state index is 13.5. The number of nitrogens with one attached hydrogen (secondary N) is 1. The number of hydrogen-bond acceptors (Lipinski definition) is 4. The van der Waals surface area contributed by atoms with Crippen LogP contribution in [0.5, 0.6) is 5.75 Å². The Morgan fingerprint density at radius 3 is 2.70 bits per heavy atom. The van der Waals surface area contributed by atoms with E-state index < -0.39 is 10.0 Å². The van der Waals surface area contributed by atoms with Crippen LogP contribution in [0.4, 0.5) is 4.79 Å². The van der Waals surface area contributed by atoms with Gasteiger partial charge in [-0.05, 0) is 43.4 Å². The highest BCUT2D eigenvalue weighted by Crippen LogP contribution is 2.55. The van der Waals surface area contributed by atoms with Gasteiger partial charge < -0.3 is 14.5 Å². The Labute approximate surface area is 195 Å². The second-order valence-electron chi connectivity index (χ2n) is 9.51. The van der Waals surface area contributed by atoms with Crippen molar-refractivity contribution < 1.29 is 17.9 Å². The van der Waals surface area contributed by atoms with Crippen LogP contribution in [0.1, 0.15) is 25.3 Å². The number of benzene rings is 2. The van der Waals surface area contributed by atoms with Gasteiger partial charge in [0.1, 0.15) is 12.4 Å². The van der Waals surface area contributed by atoms with Crippen LogP contribution in [0, 0.1) is 5.41 Å². The van der Waals surface area contributed by atoms with Gasteiger partial charge in [0.05, 0.1) is 18.3 Å². The molecule has 0 radical (unpaired) electrons. The summed E-state index contributed by atoms with van der Waals surface area (Å²) in [6, 6.07) is 15.6. The average Bonchev–Trinajstić information content (AvgIpc) is 3.54. The number of rotatable bonds is 3. The summed E-state index contributed by atoms with van der Waals surface area (Å²) in [5, 5.41) is 0. The Morgan fingerprint density at radius 1 is 1.15 bits per heavy atom. The van der Waals surface area contributed by atoms with Crippen molar-refractivity contribution in [3.8, 4) is 16.9 Å². The van der Waals surface area contributed by atoms with Gasteiger partial charge in [0, 0.05) is 30.6 Å². The molecule has 1 spiro atoms. The highest BCUT2D eigenvalue weighted by atomic mass is 32.2. The predicted molar refractivity (Wildman–Crippen MR) is 128 cm³/mol. The monoisotopic (exact) mass is 469 g/mol. The third-order valence-electron chi connectivity index (χ3n) is 7.34. The van der Waals surface area contributed by atoms with Gasteiger partial charge in [-0.1, -0.05) is 42.5 Å². The molecule has 1 saturated heterocycles. The standard InChI is InChI=1S/C25H31N3O4S/c1-3-33(30,31)26-23-21-16-18-7-6-8-19(15-18)20-9-4-5-10-22(20)32-14-13-27(2)24(29)28(21)17-25(23)11-12-25/h4-10,15,21,23,26H,3,11-14,16-17H2,1-2H3/t21-,23+/m0/s1. The van der Waals surface area contributed by atoms with Gasteiger partial charge >= 0.3 is 6.03 Å². The normalized spacial score (nSPS) is 24.2. The molecule has 1 saturated carbocycles. The summed E-state index contributed by atoms with van der Waals surface area (Å²) in [4.78, 5) is 17.1. The van der Waals surface area contributed by atoms with Crippen LogP contribution < -0.4 is 9.46 Å². The number of carbonyl (C=O) groups is 1. The molecule has 8 heteroatoms. The van der Waals surface area contributed by atoms with Crippen LogP contribution in [0.25, 0.3) is 11.1 Å². The van der Waals surface area contributed by atoms with Gasteiger partial charge in [-0.25, -0.2) is 17.9 Å². The summed E-state index contributed by atoms with van der Waals surface area (Å²) < 4.78 is 34.2. The zero-order chi connectivity index (χ0) is 23.2. The number of sulfonamides is 1. The fourth-order valence-electron chi connectivity index (χ4n) is 5.24. The number of fused-ring (bicyclic) bond motifs is 5. The number of urea groups is 1. The van der Waals surface area contributed by atoms with Crippen molar-refractivity contribution in [2.75, 3.05) is 32.5 Å². The van der Waals surface area contributed by atoms with Crippen molar-refractivity contribution in [1.29, 1.82) is 0 Å². The van der Waals surface area contributed by atoms with Crippen molar-refractivity contribution >= 4 is 16.1 Å². The molecule has 1 aliphatic carbocycles. The van der Waals surface area contributed by atoms with Crippen LogP contribution in [-0.4, -0.2) is 68.8 Å². The molecule has 3 aliphatic rings. The fraction of sp³-hybridized carbons (Fsp3) is 0.480. The van der Waals surface area contributed by atoms with Crippen molar-refractivity contribution in [2.24, 2.45) is 5.41 Å². The fourth-order valence-corrected chi connectivity index (χ4v) is 6.20. The van der Waals surface area contributed by atoms with Gasteiger partial charge in [0.15, 0.2) is 0 Å². The van der Waals surface area contributed by atoms with Gasteiger partial charge in [0.25, 0.3) is 0 Å². The molecule has 2 atom stereocenters. The Kier molecular flexibility index (Phi) is 5.61. The molecule has 0 aromatic heterocycles. The Morgan fingerprint density at radius 2 is 1.94 bits per heavy atom. The lowest BCUT2D eigenvalue weighted by Crippen LogP contribution is -2.52. The van der Waals surface area contributed by atoms with Gasteiger partial charge in [-0.15, -0.1) is 0 Å². The minimum absolute atomic E-state index is 0.0315. The first-order valence-corrected chi connectivity index (χ1v) is 13.3. The van der Waals surface area contributed by atoms with Crippen molar-refractivity contribution in [1.82, 2.24) is 14.5 Å². The highest BCUT2D eigenvalue weighted by Gasteiger charge is 2.61. The second-order valence-corrected chi connectivity index (χ2v) is 11.6. The molecule has 1 N–H and O–H groups in total. The molecule has 2 amide bonds. The molecule has 2 aromatic rings. The summed E-state index contributed by atoms with van der Waals surface area (Å²) in [5.74, 6) is 0.824. The quantitative estimate of drug-likeness (QED) is 0.749. The van der Waals surface area contributed by atoms with E-state index in [-0.39, 0.29) is 29.3 Å². The van der Waals surface area contributed by atoms with E-state index in [0.29, 0.717) is 26.1 Å². The Balaban J connectivity index is 1.57. The molecule has 0 unspecified atom stereocenters. The minimum atomic E-state index is -3.40. The lowest BCUT2D eigenvalue weighted by Gasteiger charge is -2.32. The largest absolute Gasteiger partial charge is 0.491 e. The molecule has 5 rings (SSSR count). The summed E-state index contributed by atoms with van der Waals surface area (Å²) in [6.07, 6.45) is 2.46. The summed E-state index contributed by atoms with van der Waals surface area (Å²) in [7, 11) is -1.61. The van der Waals surface area contributed by atoms with Crippen molar-refractivity contribution in [2.45, 2.75) is 38.3 Å². The molecular weight excluding hydrogens is 438 g/mol. The van der Waals surface area contributed by atoms with Crippen LogP contribution in [0.15, 0.2) is 48.5 Å². The number of likely N-dealkylation sites (N-methyl/N-ethyl adjacent to an activating group) is 1. The predicted octanol–water partition coefficient (Wildman–Crippen LogP) is 3.11. The number of para-hydroxylation sites is 1. The second kappa shape index (κ2) is 8.33. The topological polar surface area (TPSA) is 79.0 Å². The van der Waals surface area contributed by atoms with Crippen molar-refractivity contribution in [3.05, 3.63) is 54.1 Å². The molecule has 33 heavy (non-hydrogen) atoms. The molecule has 2 aromatic carbocycles. The van der Waals surface area contributed by atoms with Crippen LogP contribution in [-0.2, 0) is 16.4 Å². The molecular formula is C25H31N3O4S. The third kappa shape index (κ3) is 4.22. The highest BCUT2D eigenvalue weighted by molar-refractivity contribution is 7.89. The van der Waals surface area contributed by atoms with Crippen molar-refractivity contribution in [3.63, 3.8) is 0 Å². The van der Waals surface area contributed by atoms with E-state index >= 15 is 0 Å². The number of nitrogens with zero attached hydrogens (tertiary/aromatic N) is 2. The number of ether oxygens (including phenoxy) is 1. The first-order valence-electron chi connectivity index (χ1n) is 11.6. The maximum absolute atomic E-state index is 13.5. The third-order valence-corrected chi connectivity index (χ3v) is 8.71. The van der Waals surface area contributed by atoms with Crippen LogP contribution in [0.3, 0.4) is 0 Å². The minimum Gasteiger partial charge on any atom is -0.491 e. The van der Waals surface area contributed by atoms with E-state index in [1.54, 1.807) is 18.9 Å². The van der Waals surface area contributed by atoms with Crippen LogP contribution in [0.2, 0.25) is 0 Å². The Bertz CT molecular complexity index is 1160. The SMILES string of the molecule is CCS(=O)(=O)N[C@@H]1[C@@H]2Cc3cccc(c3)-c3ccccc3OCCN(C)C(=O)N2CC12CC2. The molecule has 7 nitrogen and oxygen atoms in total. The van der Waals surface area contributed by atoms with E-state index in [1.807, 2.05) is 35.2 Å². The molecule has 2 bridgehead atoms. The first-order chi connectivity index (χ1) is 15.8. The zero-order valence-electron chi connectivity index (χ0n) is 19.2. The summed E-state index contributed by atoms with van der Waals surface area (Å²) in [6.45, 7) is 3.07. The number of amides is 2. The molecule has 2 heterocycles. The summed E-state index contributed by atoms with van der Waals surface area (Å²) in [5.41, 5.74) is 2.97. The van der Waals surface area contributed by atoms with E-state index in [1.165, 1.54) is 0 Å². The van der Waals surface area contributed by atoms with E-state index in [9.17, 15) is 13.2 Å². The van der Waals surface area contributed by atoms with E-state index in [0.717, 1.165) is 35.3 Å². The zero-order valence-corrected chi connectivity index (χ0v) is 20.0. The maximum Gasteiger partial charge on any atom is 0.320 e. The average molecular weight is 470 g/mol. The molecule has 2 aliphatic heterocycles. The van der Waals surface area contributed by atoms with Gasteiger partial charge in [0.2, 0.25) is 10.0 Å². The molecule has 176 valence electrons. The van der Waals surface area contributed by atoms with Gasteiger partial charge in [-0.2, -0.15) is 0 Å². The lowest BCUT2D eigenvalue weighted by molar-refractivity contribution is 0.146.